The highest BCUT2D eigenvalue weighted by atomic mass is 16.5. The Bertz CT molecular complexity index is 458. The van der Waals surface area contributed by atoms with Crippen molar-refractivity contribution in [3.63, 3.8) is 0 Å². The number of rotatable bonds is 7. The molecule has 0 saturated carbocycles. The molecule has 0 unspecified atom stereocenters. The van der Waals surface area contributed by atoms with Crippen LogP contribution in [0.15, 0.2) is 18.2 Å². The number of hydrogen-bond donors (Lipinski definition) is 3. The van der Waals surface area contributed by atoms with E-state index in [1.807, 2.05) is 32.9 Å². The molecule has 1 rings (SSSR count). The Kier molecular flexibility index (Phi) is 5.82. The van der Waals surface area contributed by atoms with E-state index in [1.165, 1.54) is 0 Å². The minimum Gasteiger partial charge on any atom is -0.504 e. The maximum absolute atomic E-state index is 11.7. The number of aromatic hydroxyl groups is 1. The van der Waals surface area contributed by atoms with Gasteiger partial charge in [0.2, 0.25) is 5.91 Å². The molecule has 0 atom stereocenters. The van der Waals surface area contributed by atoms with E-state index in [-0.39, 0.29) is 11.7 Å². The Morgan fingerprint density at radius 3 is 2.70 bits per heavy atom. The van der Waals surface area contributed by atoms with Crippen LogP contribution in [0.2, 0.25) is 0 Å². The van der Waals surface area contributed by atoms with E-state index < -0.39 is 5.41 Å². The lowest BCUT2D eigenvalue weighted by molar-refractivity contribution is -0.128. The molecule has 20 heavy (non-hydrogen) atoms. The molecule has 1 aromatic carbocycles. The fraction of sp³-hybridized carbons (Fsp3) is 0.533. The van der Waals surface area contributed by atoms with Crippen LogP contribution < -0.4 is 15.4 Å². The first-order chi connectivity index (χ1) is 9.42. The Balaban J connectivity index is 2.62. The van der Waals surface area contributed by atoms with Gasteiger partial charge in [0.05, 0.1) is 12.0 Å². The zero-order valence-electron chi connectivity index (χ0n) is 12.6. The zero-order valence-corrected chi connectivity index (χ0v) is 12.6. The molecule has 0 aromatic heterocycles. The van der Waals surface area contributed by atoms with E-state index in [9.17, 15) is 9.90 Å². The summed E-state index contributed by atoms with van der Waals surface area (Å²) in [4.78, 5) is 11.7. The van der Waals surface area contributed by atoms with Gasteiger partial charge in [-0.2, -0.15) is 0 Å². The molecule has 1 aromatic rings. The Labute approximate surface area is 120 Å². The second-order valence-electron chi connectivity index (χ2n) is 5.26. The van der Waals surface area contributed by atoms with Crippen molar-refractivity contribution in [1.29, 1.82) is 0 Å². The Morgan fingerprint density at radius 1 is 1.40 bits per heavy atom. The number of para-hydroxylation sites is 1. The normalized spacial score (nSPS) is 11.2. The summed E-state index contributed by atoms with van der Waals surface area (Å²) in [7, 11) is 1.63. The number of benzene rings is 1. The van der Waals surface area contributed by atoms with Crippen LogP contribution in [-0.4, -0.2) is 31.2 Å². The molecule has 0 aliphatic carbocycles. The monoisotopic (exact) mass is 280 g/mol. The number of nitrogens with one attached hydrogen (secondary N) is 2. The summed E-state index contributed by atoms with van der Waals surface area (Å²) in [5, 5.41) is 15.9. The van der Waals surface area contributed by atoms with Crippen molar-refractivity contribution in [3.8, 4) is 11.5 Å². The average molecular weight is 280 g/mol. The van der Waals surface area contributed by atoms with Crippen LogP contribution >= 0.6 is 0 Å². The lowest BCUT2D eigenvalue weighted by Gasteiger charge is -2.23. The van der Waals surface area contributed by atoms with Crippen molar-refractivity contribution in [3.05, 3.63) is 23.8 Å². The van der Waals surface area contributed by atoms with Crippen molar-refractivity contribution in [1.82, 2.24) is 10.6 Å². The average Bonchev–Trinajstić information content (AvgIpc) is 2.42. The first-order valence-corrected chi connectivity index (χ1v) is 6.79. The molecule has 0 aliphatic rings. The van der Waals surface area contributed by atoms with Crippen LogP contribution in [0.1, 0.15) is 26.3 Å². The lowest BCUT2D eigenvalue weighted by Crippen LogP contribution is -2.41. The van der Waals surface area contributed by atoms with Crippen LogP contribution in [0, 0.1) is 5.41 Å². The molecular weight excluding hydrogens is 256 g/mol. The van der Waals surface area contributed by atoms with Crippen LogP contribution in [0.25, 0.3) is 0 Å². The van der Waals surface area contributed by atoms with Crippen molar-refractivity contribution in [2.24, 2.45) is 5.41 Å². The van der Waals surface area contributed by atoms with Crippen molar-refractivity contribution in [2.45, 2.75) is 27.3 Å². The summed E-state index contributed by atoms with van der Waals surface area (Å²) >= 11 is 0. The molecule has 0 bridgehead atoms. The number of ether oxygens (including phenoxy) is 1. The second kappa shape index (κ2) is 7.14. The van der Waals surface area contributed by atoms with Gasteiger partial charge in [-0.1, -0.05) is 12.1 Å². The molecule has 0 aliphatic heterocycles. The van der Waals surface area contributed by atoms with Crippen LogP contribution in [0.5, 0.6) is 11.5 Å². The van der Waals surface area contributed by atoms with Gasteiger partial charge in [0.15, 0.2) is 11.5 Å². The number of hydrogen-bond acceptors (Lipinski definition) is 4. The van der Waals surface area contributed by atoms with Crippen LogP contribution in [0.4, 0.5) is 0 Å². The van der Waals surface area contributed by atoms with E-state index in [0.717, 1.165) is 5.56 Å². The second-order valence-corrected chi connectivity index (χ2v) is 5.26. The van der Waals surface area contributed by atoms with E-state index in [2.05, 4.69) is 10.6 Å². The largest absolute Gasteiger partial charge is 0.504 e. The molecule has 0 radical (unpaired) electrons. The fourth-order valence-electron chi connectivity index (χ4n) is 1.91. The van der Waals surface area contributed by atoms with E-state index in [4.69, 9.17) is 4.74 Å². The maximum atomic E-state index is 11.7. The predicted molar refractivity (Wildman–Crippen MR) is 78.8 cm³/mol. The van der Waals surface area contributed by atoms with Gasteiger partial charge in [0.25, 0.3) is 0 Å². The quantitative estimate of drug-likeness (QED) is 0.710. The molecule has 0 fully saturated rings. The third-order valence-electron chi connectivity index (χ3n) is 3.11. The third-order valence-corrected chi connectivity index (χ3v) is 3.11. The molecule has 5 nitrogen and oxygen atoms in total. The van der Waals surface area contributed by atoms with Crippen LogP contribution in [0.3, 0.4) is 0 Å². The zero-order chi connectivity index (χ0) is 15.2. The van der Waals surface area contributed by atoms with E-state index in [1.54, 1.807) is 13.1 Å². The first kappa shape index (κ1) is 16.3. The van der Waals surface area contributed by atoms with Gasteiger partial charge in [0.1, 0.15) is 0 Å². The number of amides is 1. The smallest absolute Gasteiger partial charge is 0.226 e. The van der Waals surface area contributed by atoms with Gasteiger partial charge >= 0.3 is 0 Å². The summed E-state index contributed by atoms with van der Waals surface area (Å²) in [6.07, 6.45) is 0. The first-order valence-electron chi connectivity index (χ1n) is 6.79. The van der Waals surface area contributed by atoms with Gasteiger partial charge in [-0.15, -0.1) is 0 Å². The molecule has 112 valence electrons. The number of carbonyl (C=O) groups excluding carboxylic acids is 1. The molecule has 0 spiro atoms. The molecule has 5 heteroatoms. The van der Waals surface area contributed by atoms with Gasteiger partial charge in [-0.3, -0.25) is 4.79 Å². The molecule has 0 heterocycles. The maximum Gasteiger partial charge on any atom is 0.226 e. The summed E-state index contributed by atoms with van der Waals surface area (Å²) in [5.41, 5.74) is 0.255. The summed E-state index contributed by atoms with van der Waals surface area (Å²) in [5.74, 6) is 0.620. The number of carbonyl (C=O) groups is 1. The minimum absolute atomic E-state index is 0.0164. The minimum atomic E-state index is -0.498. The van der Waals surface area contributed by atoms with E-state index >= 15 is 0 Å². The topological polar surface area (TPSA) is 70.6 Å². The highest BCUT2D eigenvalue weighted by molar-refractivity contribution is 5.81. The Hall–Kier alpha value is -1.75. The van der Waals surface area contributed by atoms with Crippen molar-refractivity contribution >= 4 is 5.91 Å². The van der Waals surface area contributed by atoms with Gasteiger partial charge < -0.3 is 20.5 Å². The van der Waals surface area contributed by atoms with Crippen LogP contribution in [-0.2, 0) is 11.3 Å². The summed E-state index contributed by atoms with van der Waals surface area (Å²) < 4.78 is 5.34. The number of phenolic OH excluding ortho intramolecular Hbond substituents is 1. The van der Waals surface area contributed by atoms with Crippen molar-refractivity contribution < 1.29 is 14.6 Å². The SMILES string of the molecule is CCOc1cccc(CNCC(C)(C)C(=O)NC)c1O. The molecule has 1 amide bonds. The Morgan fingerprint density at radius 2 is 2.10 bits per heavy atom. The lowest BCUT2D eigenvalue weighted by atomic mass is 9.92. The number of phenols is 1. The molecule has 3 N–H and O–H groups in total. The fourth-order valence-corrected chi connectivity index (χ4v) is 1.91. The molecule has 0 saturated heterocycles. The predicted octanol–water partition coefficient (Wildman–Crippen LogP) is 1.65. The summed E-state index contributed by atoms with van der Waals surface area (Å²) in [6.45, 7) is 7.12. The third kappa shape index (κ3) is 4.13. The van der Waals surface area contributed by atoms with Gasteiger partial charge in [0, 0.05) is 25.7 Å². The molecular formula is C15H24N2O3. The standard InChI is InChI=1S/C15H24N2O3/c1-5-20-12-8-6-7-11(13(12)18)9-17-10-15(2,3)14(19)16-4/h6-8,17-18H,5,9-10H2,1-4H3,(H,16,19). The van der Waals surface area contributed by atoms with Crippen molar-refractivity contribution in [2.75, 3.05) is 20.2 Å². The summed E-state index contributed by atoms with van der Waals surface area (Å²) in [6, 6.07) is 5.40. The van der Waals surface area contributed by atoms with Gasteiger partial charge in [-0.25, -0.2) is 0 Å². The highest BCUT2D eigenvalue weighted by Gasteiger charge is 2.25. The highest BCUT2D eigenvalue weighted by Crippen LogP contribution is 2.29. The van der Waals surface area contributed by atoms with E-state index in [0.29, 0.717) is 25.4 Å². The van der Waals surface area contributed by atoms with Gasteiger partial charge in [-0.05, 0) is 26.8 Å².